The molecule has 2 rings (SSSR count). The molecule has 1 nitrogen and oxygen atoms in total. The van der Waals surface area contributed by atoms with E-state index in [4.69, 9.17) is 0 Å². The Labute approximate surface area is 104 Å². The smallest absolute Gasteiger partial charge is 0.0409 e. The van der Waals surface area contributed by atoms with Gasteiger partial charge in [-0.05, 0) is 25.5 Å². The van der Waals surface area contributed by atoms with Crippen molar-refractivity contribution in [2.75, 3.05) is 11.9 Å². The van der Waals surface area contributed by atoms with Crippen molar-refractivity contribution in [2.45, 2.75) is 32.2 Å². The Hall–Kier alpha value is -0.250. The fourth-order valence-electron chi connectivity index (χ4n) is 2.14. The Bertz CT molecular complexity index is 302. The highest BCUT2D eigenvalue weighted by Gasteiger charge is 2.39. The Kier molecular flexibility index (Phi) is 3.14. The van der Waals surface area contributed by atoms with E-state index >= 15 is 0 Å². The third-order valence-electron chi connectivity index (χ3n) is 3.69. The molecule has 0 amide bonds. The van der Waals surface area contributed by atoms with Crippen LogP contribution in [0.15, 0.2) is 24.3 Å². The van der Waals surface area contributed by atoms with E-state index in [1.165, 1.54) is 11.3 Å². The summed E-state index contributed by atoms with van der Waals surface area (Å²) in [6.45, 7) is 6.91. The Morgan fingerprint density at radius 2 is 1.79 bits per heavy atom. The number of rotatable bonds is 0. The maximum absolute atomic E-state index is 2.38. The summed E-state index contributed by atoms with van der Waals surface area (Å²) in [5, 5.41) is 0. The first-order valence-corrected chi connectivity index (χ1v) is 4.88. The molecule has 0 saturated heterocycles. The number of hydrogen-bond donors (Lipinski definition) is 0. The van der Waals surface area contributed by atoms with Crippen LogP contribution in [-0.2, 0) is 0 Å². The molecule has 78 valence electrons. The number of para-hydroxylation sites is 1. The molecule has 1 aliphatic heterocycles. The third-order valence-corrected chi connectivity index (χ3v) is 3.69. The van der Waals surface area contributed by atoms with E-state index < -0.39 is 0 Å². The molecule has 0 fully saturated rings. The van der Waals surface area contributed by atoms with Crippen molar-refractivity contribution in [3.8, 4) is 0 Å². The molecule has 1 atom stereocenters. The highest BCUT2D eigenvalue weighted by molar-refractivity contribution is 14.0. The highest BCUT2D eigenvalue weighted by atomic mass is 127. The summed E-state index contributed by atoms with van der Waals surface area (Å²) in [6, 6.07) is 8.69. The monoisotopic (exact) mass is 303 g/mol. The standard InChI is InChI=1S/C12H17N.HI/c1-9-10-7-5-6-8-11(10)13(4)12(9,2)3;/h5-9H,1-4H3;1H. The minimum absolute atomic E-state index is 0. The molecular weight excluding hydrogens is 285 g/mol. The summed E-state index contributed by atoms with van der Waals surface area (Å²) < 4.78 is 0. The minimum Gasteiger partial charge on any atom is -0.369 e. The van der Waals surface area contributed by atoms with Gasteiger partial charge >= 0.3 is 0 Å². The van der Waals surface area contributed by atoms with Crippen LogP contribution in [0.3, 0.4) is 0 Å². The summed E-state index contributed by atoms with van der Waals surface area (Å²) >= 11 is 0. The van der Waals surface area contributed by atoms with E-state index in [0.717, 1.165) is 0 Å². The highest BCUT2D eigenvalue weighted by Crippen LogP contribution is 2.45. The molecule has 1 unspecified atom stereocenters. The molecule has 0 radical (unpaired) electrons. The molecule has 0 spiro atoms. The number of nitrogens with zero attached hydrogens (tertiary/aromatic N) is 1. The summed E-state index contributed by atoms with van der Waals surface area (Å²) in [5.41, 5.74) is 3.12. The van der Waals surface area contributed by atoms with E-state index in [9.17, 15) is 0 Å². The largest absolute Gasteiger partial charge is 0.369 e. The number of halogens is 1. The lowest BCUT2D eigenvalue weighted by molar-refractivity contribution is 0.444. The second kappa shape index (κ2) is 3.72. The van der Waals surface area contributed by atoms with Crippen molar-refractivity contribution in [3.05, 3.63) is 29.8 Å². The topological polar surface area (TPSA) is 3.24 Å². The first kappa shape index (κ1) is 11.8. The summed E-state index contributed by atoms with van der Waals surface area (Å²) in [6.07, 6.45) is 0. The van der Waals surface area contributed by atoms with E-state index in [2.05, 4.69) is 57.0 Å². The van der Waals surface area contributed by atoms with E-state index in [0.29, 0.717) is 5.92 Å². The average Bonchev–Trinajstić information content (AvgIpc) is 2.30. The second-order valence-electron chi connectivity index (χ2n) is 4.49. The van der Waals surface area contributed by atoms with Crippen LogP contribution < -0.4 is 4.90 Å². The van der Waals surface area contributed by atoms with Crippen molar-refractivity contribution < 1.29 is 0 Å². The average molecular weight is 303 g/mol. The zero-order valence-electron chi connectivity index (χ0n) is 9.24. The van der Waals surface area contributed by atoms with Crippen molar-refractivity contribution in [2.24, 2.45) is 0 Å². The SMILES string of the molecule is CC1c2ccccc2N(C)C1(C)C.I. The fraction of sp³-hybridized carbons (Fsp3) is 0.500. The van der Waals surface area contributed by atoms with Crippen LogP contribution in [0.5, 0.6) is 0 Å². The number of fused-ring (bicyclic) bond motifs is 1. The molecule has 1 aliphatic rings. The summed E-state index contributed by atoms with van der Waals surface area (Å²) in [4.78, 5) is 2.38. The van der Waals surface area contributed by atoms with Gasteiger partial charge in [0.05, 0.1) is 0 Å². The lowest BCUT2D eigenvalue weighted by Crippen LogP contribution is -2.39. The molecule has 2 heteroatoms. The minimum atomic E-state index is 0. The number of likely N-dealkylation sites (N-methyl/N-ethyl adjacent to an activating group) is 1. The van der Waals surface area contributed by atoms with Gasteiger partial charge in [0.25, 0.3) is 0 Å². The van der Waals surface area contributed by atoms with Crippen LogP contribution >= 0.6 is 24.0 Å². The quantitative estimate of drug-likeness (QED) is 0.662. The molecule has 1 aromatic rings. The van der Waals surface area contributed by atoms with E-state index in [1.54, 1.807) is 0 Å². The Balaban J connectivity index is 0.000000980. The number of benzene rings is 1. The van der Waals surface area contributed by atoms with E-state index in [1.807, 2.05) is 0 Å². The van der Waals surface area contributed by atoms with E-state index in [-0.39, 0.29) is 29.5 Å². The van der Waals surface area contributed by atoms with Gasteiger partial charge in [-0.15, -0.1) is 24.0 Å². The van der Waals surface area contributed by atoms with Gasteiger partial charge in [0, 0.05) is 24.2 Å². The first-order chi connectivity index (χ1) is 6.05. The van der Waals surface area contributed by atoms with Gasteiger partial charge in [-0.1, -0.05) is 25.1 Å². The third kappa shape index (κ3) is 1.44. The Morgan fingerprint density at radius 3 is 2.36 bits per heavy atom. The molecule has 0 saturated carbocycles. The zero-order chi connectivity index (χ0) is 9.64. The molecule has 0 N–H and O–H groups in total. The van der Waals surface area contributed by atoms with Gasteiger partial charge < -0.3 is 4.90 Å². The molecule has 14 heavy (non-hydrogen) atoms. The second-order valence-corrected chi connectivity index (χ2v) is 4.49. The van der Waals surface area contributed by atoms with Crippen molar-refractivity contribution in [3.63, 3.8) is 0 Å². The predicted molar refractivity (Wildman–Crippen MR) is 72.8 cm³/mol. The fourth-order valence-corrected chi connectivity index (χ4v) is 2.14. The normalized spacial score (nSPS) is 22.9. The van der Waals surface area contributed by atoms with Crippen molar-refractivity contribution >= 4 is 29.7 Å². The van der Waals surface area contributed by atoms with Gasteiger partial charge in [-0.3, -0.25) is 0 Å². The lowest BCUT2D eigenvalue weighted by Gasteiger charge is -2.33. The first-order valence-electron chi connectivity index (χ1n) is 4.88. The molecular formula is C12H18IN. The van der Waals surface area contributed by atoms with Gasteiger partial charge in [-0.2, -0.15) is 0 Å². The Morgan fingerprint density at radius 1 is 1.21 bits per heavy atom. The molecule has 1 heterocycles. The maximum atomic E-state index is 2.38. The summed E-state index contributed by atoms with van der Waals surface area (Å²) in [5.74, 6) is 0.619. The van der Waals surface area contributed by atoms with Crippen molar-refractivity contribution in [1.82, 2.24) is 0 Å². The van der Waals surface area contributed by atoms with Crippen LogP contribution in [0.2, 0.25) is 0 Å². The van der Waals surface area contributed by atoms with Crippen LogP contribution in [-0.4, -0.2) is 12.6 Å². The molecule has 0 aromatic heterocycles. The van der Waals surface area contributed by atoms with Gasteiger partial charge in [0.1, 0.15) is 0 Å². The predicted octanol–water partition coefficient (Wildman–Crippen LogP) is 3.64. The van der Waals surface area contributed by atoms with Crippen molar-refractivity contribution in [1.29, 1.82) is 0 Å². The lowest BCUT2D eigenvalue weighted by atomic mass is 9.87. The van der Waals surface area contributed by atoms with Crippen LogP contribution in [0.4, 0.5) is 5.69 Å². The molecule has 0 aliphatic carbocycles. The van der Waals surface area contributed by atoms with Crippen LogP contribution in [0, 0.1) is 0 Å². The van der Waals surface area contributed by atoms with Gasteiger partial charge in [0.2, 0.25) is 0 Å². The van der Waals surface area contributed by atoms with Crippen LogP contribution in [0.1, 0.15) is 32.3 Å². The van der Waals surface area contributed by atoms with Gasteiger partial charge in [-0.25, -0.2) is 0 Å². The van der Waals surface area contributed by atoms with Crippen LogP contribution in [0.25, 0.3) is 0 Å². The maximum Gasteiger partial charge on any atom is 0.0409 e. The number of anilines is 1. The summed E-state index contributed by atoms with van der Waals surface area (Å²) in [7, 11) is 2.18. The zero-order valence-corrected chi connectivity index (χ0v) is 11.6. The molecule has 1 aromatic carbocycles. The molecule has 0 bridgehead atoms. The van der Waals surface area contributed by atoms with Gasteiger partial charge in [0.15, 0.2) is 0 Å². The number of hydrogen-bond acceptors (Lipinski definition) is 1.